The van der Waals surface area contributed by atoms with E-state index in [-0.39, 0.29) is 28.8 Å². The number of carbonyl (C=O) groups excluding carboxylic acids is 2. The minimum Gasteiger partial charge on any atom is -0.393 e. The van der Waals surface area contributed by atoms with Crippen molar-refractivity contribution in [3.8, 4) is 0 Å². The molecule has 0 aromatic carbocycles. The van der Waals surface area contributed by atoms with Gasteiger partial charge < -0.3 is 9.90 Å². The number of allylic oxidation sites excluding steroid dienone is 1. The van der Waals surface area contributed by atoms with Gasteiger partial charge in [-0.1, -0.05) is 45.8 Å². The molecule has 4 rings (SSSR count). The fourth-order valence-electron chi connectivity index (χ4n) is 8.44. The number of aliphatic hydroxyl groups excluding tert-OH is 1. The molecule has 3 fully saturated rings. The Morgan fingerprint density at radius 3 is 2.63 bits per heavy atom. The van der Waals surface area contributed by atoms with Crippen molar-refractivity contribution < 1.29 is 14.7 Å². The second-order valence-corrected chi connectivity index (χ2v) is 11.9. The van der Waals surface area contributed by atoms with Crippen LogP contribution in [0.2, 0.25) is 0 Å². The molecule has 5 unspecified atom stereocenters. The second kappa shape index (κ2) is 8.19. The van der Waals surface area contributed by atoms with Crippen LogP contribution < -0.4 is 0 Å². The fourth-order valence-corrected chi connectivity index (χ4v) is 8.44. The van der Waals surface area contributed by atoms with Gasteiger partial charge in [0.15, 0.2) is 0 Å². The molecule has 0 saturated heterocycles. The molecule has 9 atom stereocenters. The molecule has 30 heavy (non-hydrogen) atoms. The average molecular weight is 415 g/mol. The topological polar surface area (TPSA) is 54.4 Å². The molecular formula is C27H42O3. The van der Waals surface area contributed by atoms with Crippen molar-refractivity contribution >= 4 is 12.1 Å². The van der Waals surface area contributed by atoms with Gasteiger partial charge in [0.1, 0.15) is 12.1 Å². The lowest BCUT2D eigenvalue weighted by atomic mass is 9.47. The first-order chi connectivity index (χ1) is 14.2. The van der Waals surface area contributed by atoms with Crippen molar-refractivity contribution in [2.45, 2.75) is 98.0 Å². The summed E-state index contributed by atoms with van der Waals surface area (Å²) in [5, 5.41) is 10.2. The third kappa shape index (κ3) is 3.53. The van der Waals surface area contributed by atoms with Crippen molar-refractivity contribution in [3.05, 3.63) is 11.6 Å². The van der Waals surface area contributed by atoms with Crippen LogP contribution in [0.5, 0.6) is 0 Å². The molecule has 0 bridgehead atoms. The third-order valence-corrected chi connectivity index (χ3v) is 10.1. The quantitative estimate of drug-likeness (QED) is 0.445. The number of rotatable bonds is 6. The Balaban J connectivity index is 1.51. The maximum Gasteiger partial charge on any atom is 0.137 e. The van der Waals surface area contributed by atoms with E-state index in [1.54, 1.807) is 0 Å². The third-order valence-electron chi connectivity index (χ3n) is 10.1. The van der Waals surface area contributed by atoms with E-state index in [1.807, 2.05) is 6.92 Å². The highest BCUT2D eigenvalue weighted by molar-refractivity contribution is 5.85. The molecule has 4 aliphatic carbocycles. The van der Waals surface area contributed by atoms with Gasteiger partial charge in [0.25, 0.3) is 0 Å². The van der Waals surface area contributed by atoms with E-state index in [9.17, 15) is 14.7 Å². The standard InChI is InChI=1S/C27H42O3/c1-17(16-28)6-5-7-18(2)25-24(30)15-23-21-9-8-19-14-20(29)10-12-26(19,3)22(21)11-13-27(23,25)4/h8,16-18,20-23,25,29H,5-7,9-15H2,1-4H3/t17?,18?,20-,21?,22?,23?,25-,26-,27-/m0/s1. The zero-order valence-corrected chi connectivity index (χ0v) is 19.5. The van der Waals surface area contributed by atoms with Crippen LogP contribution in [0, 0.1) is 46.3 Å². The molecule has 3 nitrogen and oxygen atoms in total. The van der Waals surface area contributed by atoms with E-state index in [0.717, 1.165) is 57.7 Å². The van der Waals surface area contributed by atoms with Gasteiger partial charge in [0.05, 0.1) is 6.10 Å². The molecule has 0 spiro atoms. The Morgan fingerprint density at radius 2 is 1.90 bits per heavy atom. The first kappa shape index (κ1) is 22.2. The number of aliphatic hydroxyl groups is 1. The second-order valence-electron chi connectivity index (χ2n) is 11.9. The van der Waals surface area contributed by atoms with E-state index in [2.05, 4.69) is 26.8 Å². The van der Waals surface area contributed by atoms with E-state index in [1.165, 1.54) is 18.4 Å². The minimum absolute atomic E-state index is 0.133. The smallest absolute Gasteiger partial charge is 0.137 e. The lowest BCUT2D eigenvalue weighted by molar-refractivity contribution is -0.124. The van der Waals surface area contributed by atoms with Gasteiger partial charge in [-0.25, -0.2) is 0 Å². The predicted octanol–water partition coefficient (Wildman–Crippen LogP) is 5.75. The van der Waals surface area contributed by atoms with E-state index in [0.29, 0.717) is 29.5 Å². The lowest BCUT2D eigenvalue weighted by Gasteiger charge is -2.58. The summed E-state index contributed by atoms with van der Waals surface area (Å²) in [6.45, 7) is 9.17. The van der Waals surface area contributed by atoms with Gasteiger partial charge >= 0.3 is 0 Å². The van der Waals surface area contributed by atoms with Crippen molar-refractivity contribution in [2.75, 3.05) is 0 Å². The van der Waals surface area contributed by atoms with Crippen LogP contribution in [0.1, 0.15) is 91.9 Å². The molecule has 0 radical (unpaired) electrons. The minimum atomic E-state index is -0.157. The van der Waals surface area contributed by atoms with Gasteiger partial charge in [0, 0.05) is 18.3 Å². The van der Waals surface area contributed by atoms with Crippen LogP contribution in [-0.2, 0) is 9.59 Å². The van der Waals surface area contributed by atoms with Crippen molar-refractivity contribution in [1.29, 1.82) is 0 Å². The molecule has 168 valence electrons. The molecule has 0 aromatic rings. The number of fused-ring (bicyclic) bond motifs is 5. The first-order valence-corrected chi connectivity index (χ1v) is 12.6. The maximum absolute atomic E-state index is 13.3. The summed E-state index contributed by atoms with van der Waals surface area (Å²) in [4.78, 5) is 24.2. The van der Waals surface area contributed by atoms with Crippen LogP contribution >= 0.6 is 0 Å². The van der Waals surface area contributed by atoms with E-state index < -0.39 is 0 Å². The molecule has 3 saturated carbocycles. The van der Waals surface area contributed by atoms with Gasteiger partial charge in [-0.05, 0) is 85.9 Å². The summed E-state index contributed by atoms with van der Waals surface area (Å²) in [5.41, 5.74) is 1.88. The summed E-state index contributed by atoms with van der Waals surface area (Å²) in [7, 11) is 0. The van der Waals surface area contributed by atoms with Crippen molar-refractivity contribution in [3.63, 3.8) is 0 Å². The van der Waals surface area contributed by atoms with Crippen LogP contribution in [0.4, 0.5) is 0 Å². The fraction of sp³-hybridized carbons (Fsp3) is 0.852. The molecule has 0 aromatic heterocycles. The number of aldehydes is 1. The monoisotopic (exact) mass is 414 g/mol. The summed E-state index contributed by atoms with van der Waals surface area (Å²) in [5.74, 6) is 3.08. The summed E-state index contributed by atoms with van der Waals surface area (Å²) >= 11 is 0. The number of hydrogen-bond donors (Lipinski definition) is 1. The Morgan fingerprint density at radius 1 is 1.13 bits per heavy atom. The Labute approximate surface area is 183 Å². The van der Waals surface area contributed by atoms with Gasteiger partial charge in [-0.15, -0.1) is 0 Å². The highest BCUT2D eigenvalue weighted by Gasteiger charge is 2.61. The van der Waals surface area contributed by atoms with Gasteiger partial charge in [-0.2, -0.15) is 0 Å². The van der Waals surface area contributed by atoms with Crippen LogP contribution in [0.25, 0.3) is 0 Å². The zero-order valence-electron chi connectivity index (χ0n) is 19.5. The van der Waals surface area contributed by atoms with Gasteiger partial charge in [-0.3, -0.25) is 4.79 Å². The molecular weight excluding hydrogens is 372 g/mol. The molecule has 0 aliphatic heterocycles. The molecule has 3 heteroatoms. The predicted molar refractivity (Wildman–Crippen MR) is 120 cm³/mol. The van der Waals surface area contributed by atoms with Gasteiger partial charge in [0.2, 0.25) is 0 Å². The first-order valence-electron chi connectivity index (χ1n) is 12.6. The van der Waals surface area contributed by atoms with Crippen LogP contribution in [0.3, 0.4) is 0 Å². The lowest BCUT2D eigenvalue weighted by Crippen LogP contribution is -2.51. The molecule has 4 aliphatic rings. The molecule has 0 amide bonds. The van der Waals surface area contributed by atoms with E-state index >= 15 is 0 Å². The van der Waals surface area contributed by atoms with Crippen molar-refractivity contribution in [2.24, 2.45) is 46.3 Å². The summed E-state index contributed by atoms with van der Waals surface area (Å²) in [6, 6.07) is 0. The van der Waals surface area contributed by atoms with Crippen LogP contribution in [-0.4, -0.2) is 23.3 Å². The Bertz CT molecular complexity index is 711. The van der Waals surface area contributed by atoms with Crippen LogP contribution in [0.15, 0.2) is 11.6 Å². The average Bonchev–Trinajstić information content (AvgIpc) is 2.98. The molecule has 1 N–H and O–H groups in total. The van der Waals surface area contributed by atoms with Crippen molar-refractivity contribution in [1.82, 2.24) is 0 Å². The Kier molecular flexibility index (Phi) is 6.07. The summed E-state index contributed by atoms with van der Waals surface area (Å²) < 4.78 is 0. The molecule has 0 heterocycles. The SMILES string of the molecule is CC(C=O)CCCC(C)[C@H]1C(=O)CC2C3CC=C4C[C@@H](O)CC[C@]4(C)C3CC[C@@]21C. The number of carbonyl (C=O) groups is 2. The zero-order chi connectivity index (χ0) is 21.7. The highest BCUT2D eigenvalue weighted by Crippen LogP contribution is 2.66. The Hall–Kier alpha value is -0.960. The normalized spacial score (nSPS) is 45.0. The number of hydrogen-bond acceptors (Lipinski definition) is 3. The highest BCUT2D eigenvalue weighted by atomic mass is 16.3. The number of ketones is 1. The maximum atomic E-state index is 13.3. The number of Topliss-reactive ketones (excluding diaryl/α,β-unsaturated/α-hetero) is 1. The summed E-state index contributed by atoms with van der Waals surface area (Å²) in [6.07, 6.45) is 13.6. The largest absolute Gasteiger partial charge is 0.393 e. The van der Waals surface area contributed by atoms with E-state index in [4.69, 9.17) is 0 Å².